The summed E-state index contributed by atoms with van der Waals surface area (Å²) in [6, 6.07) is 10.8. The second-order valence-electron chi connectivity index (χ2n) is 6.35. The average Bonchev–Trinajstić information content (AvgIpc) is 2.65. The molecule has 0 bridgehead atoms. The Morgan fingerprint density at radius 1 is 1.00 bits per heavy atom. The molecule has 3 nitrogen and oxygen atoms in total. The number of nitrogens with one attached hydrogen (secondary N) is 1. The zero-order valence-electron chi connectivity index (χ0n) is 14.1. The average molecular weight is 344 g/mol. The number of piperidine rings is 1. The van der Waals surface area contributed by atoms with Gasteiger partial charge in [0.05, 0.1) is 5.69 Å². The number of likely N-dealkylation sites (tertiary alicyclic amines) is 1. The van der Waals surface area contributed by atoms with Crippen LogP contribution >= 0.6 is 0 Å². The van der Waals surface area contributed by atoms with E-state index in [0.29, 0.717) is 24.2 Å². The van der Waals surface area contributed by atoms with Crippen molar-refractivity contribution < 1.29 is 13.6 Å². The fourth-order valence-corrected chi connectivity index (χ4v) is 3.06. The van der Waals surface area contributed by atoms with Crippen molar-refractivity contribution in [3.63, 3.8) is 0 Å². The van der Waals surface area contributed by atoms with Gasteiger partial charge in [-0.3, -0.25) is 4.79 Å². The molecule has 1 aliphatic rings. The van der Waals surface area contributed by atoms with E-state index >= 15 is 0 Å². The lowest BCUT2D eigenvalue weighted by atomic mass is 10.1. The standard InChI is InChI=1S/C20H22F2N2O/c21-17-7-4-15(5-8-17)10-11-23-19-9-6-16(14-18(19)22)20(25)24-12-2-1-3-13-24/h4-9,14,23H,1-3,10-13H2. The molecule has 1 amide bonds. The lowest BCUT2D eigenvalue weighted by Crippen LogP contribution is -2.35. The molecule has 132 valence electrons. The predicted molar refractivity (Wildman–Crippen MR) is 94.7 cm³/mol. The summed E-state index contributed by atoms with van der Waals surface area (Å²) in [6.07, 6.45) is 3.83. The maximum absolute atomic E-state index is 14.3. The van der Waals surface area contributed by atoms with Crippen LogP contribution in [0.4, 0.5) is 14.5 Å². The molecule has 25 heavy (non-hydrogen) atoms. The largest absolute Gasteiger partial charge is 0.382 e. The predicted octanol–water partition coefficient (Wildman–Crippen LogP) is 4.25. The van der Waals surface area contributed by atoms with Crippen molar-refractivity contribution in [3.05, 3.63) is 65.2 Å². The molecule has 0 unspecified atom stereocenters. The van der Waals surface area contributed by atoms with E-state index in [1.807, 2.05) is 0 Å². The van der Waals surface area contributed by atoms with E-state index in [0.717, 1.165) is 37.9 Å². The van der Waals surface area contributed by atoms with Crippen LogP contribution in [-0.2, 0) is 6.42 Å². The zero-order valence-corrected chi connectivity index (χ0v) is 14.1. The minimum atomic E-state index is -0.429. The summed E-state index contributed by atoms with van der Waals surface area (Å²) in [5.74, 6) is -0.796. The van der Waals surface area contributed by atoms with Crippen LogP contribution in [0, 0.1) is 11.6 Å². The first kappa shape index (κ1) is 17.4. The maximum Gasteiger partial charge on any atom is 0.253 e. The van der Waals surface area contributed by atoms with Gasteiger partial charge in [-0.2, -0.15) is 0 Å². The van der Waals surface area contributed by atoms with Crippen LogP contribution in [0.1, 0.15) is 35.2 Å². The molecule has 1 heterocycles. The first-order valence-electron chi connectivity index (χ1n) is 8.70. The number of nitrogens with zero attached hydrogens (tertiary/aromatic N) is 1. The van der Waals surface area contributed by atoms with Gasteiger partial charge in [-0.1, -0.05) is 12.1 Å². The van der Waals surface area contributed by atoms with Gasteiger partial charge in [0.1, 0.15) is 11.6 Å². The third-order valence-electron chi connectivity index (χ3n) is 4.50. The maximum atomic E-state index is 14.3. The molecule has 0 aliphatic carbocycles. The molecule has 0 spiro atoms. The van der Waals surface area contributed by atoms with Crippen molar-refractivity contribution in [2.24, 2.45) is 0 Å². The smallest absolute Gasteiger partial charge is 0.253 e. The molecule has 3 rings (SSSR count). The van der Waals surface area contributed by atoms with E-state index in [2.05, 4.69) is 5.32 Å². The van der Waals surface area contributed by atoms with Gasteiger partial charge in [0.15, 0.2) is 0 Å². The molecule has 2 aromatic rings. The van der Waals surface area contributed by atoms with E-state index in [4.69, 9.17) is 0 Å². The Labute approximate surface area is 146 Å². The number of halogens is 2. The van der Waals surface area contributed by atoms with Crippen LogP contribution in [-0.4, -0.2) is 30.4 Å². The molecular weight excluding hydrogens is 322 g/mol. The summed E-state index contributed by atoms with van der Waals surface area (Å²) in [4.78, 5) is 14.2. The molecule has 1 saturated heterocycles. The highest BCUT2D eigenvalue weighted by atomic mass is 19.1. The fourth-order valence-electron chi connectivity index (χ4n) is 3.06. The Hall–Kier alpha value is -2.43. The number of hydrogen-bond donors (Lipinski definition) is 1. The van der Waals surface area contributed by atoms with Crippen molar-refractivity contribution in [3.8, 4) is 0 Å². The Morgan fingerprint density at radius 2 is 1.72 bits per heavy atom. The van der Waals surface area contributed by atoms with Crippen molar-refractivity contribution >= 4 is 11.6 Å². The van der Waals surface area contributed by atoms with Crippen LogP contribution in [0.3, 0.4) is 0 Å². The fraction of sp³-hybridized carbons (Fsp3) is 0.350. The summed E-state index contributed by atoms with van der Waals surface area (Å²) < 4.78 is 27.1. The van der Waals surface area contributed by atoms with Gasteiger partial charge < -0.3 is 10.2 Å². The number of benzene rings is 2. The Morgan fingerprint density at radius 3 is 2.40 bits per heavy atom. The molecule has 1 fully saturated rings. The second-order valence-corrected chi connectivity index (χ2v) is 6.35. The Balaban J connectivity index is 1.57. The molecule has 0 aromatic heterocycles. The van der Waals surface area contributed by atoms with E-state index in [1.54, 1.807) is 29.2 Å². The summed E-state index contributed by atoms with van der Waals surface area (Å²) in [5, 5.41) is 3.03. The van der Waals surface area contributed by atoms with Gasteiger partial charge in [0.25, 0.3) is 5.91 Å². The molecule has 0 atom stereocenters. The normalized spacial score (nSPS) is 14.4. The quantitative estimate of drug-likeness (QED) is 0.880. The van der Waals surface area contributed by atoms with E-state index in [9.17, 15) is 13.6 Å². The van der Waals surface area contributed by atoms with E-state index in [-0.39, 0.29) is 11.7 Å². The third kappa shape index (κ3) is 4.56. The summed E-state index contributed by atoms with van der Waals surface area (Å²) in [7, 11) is 0. The van der Waals surface area contributed by atoms with E-state index in [1.165, 1.54) is 18.2 Å². The first-order chi connectivity index (χ1) is 12.1. The topological polar surface area (TPSA) is 32.3 Å². The molecule has 5 heteroatoms. The summed E-state index contributed by atoms with van der Waals surface area (Å²) in [6.45, 7) is 2.03. The van der Waals surface area contributed by atoms with Crippen LogP contribution in [0.5, 0.6) is 0 Å². The van der Waals surface area contributed by atoms with Gasteiger partial charge in [-0.05, 0) is 61.6 Å². The van der Waals surface area contributed by atoms with Gasteiger partial charge in [-0.25, -0.2) is 8.78 Å². The molecule has 1 aliphatic heterocycles. The number of carbonyl (C=O) groups is 1. The minimum Gasteiger partial charge on any atom is -0.382 e. The van der Waals surface area contributed by atoms with Crippen LogP contribution in [0.2, 0.25) is 0 Å². The lowest BCUT2D eigenvalue weighted by Gasteiger charge is -2.26. The van der Waals surface area contributed by atoms with E-state index < -0.39 is 5.82 Å². The lowest BCUT2D eigenvalue weighted by molar-refractivity contribution is 0.0724. The highest BCUT2D eigenvalue weighted by Crippen LogP contribution is 2.19. The minimum absolute atomic E-state index is 0.100. The molecule has 1 N–H and O–H groups in total. The molecule has 0 radical (unpaired) electrons. The summed E-state index contributed by atoms with van der Waals surface area (Å²) in [5.41, 5.74) is 1.74. The zero-order chi connectivity index (χ0) is 17.6. The van der Waals surface area contributed by atoms with Gasteiger partial charge in [0, 0.05) is 25.2 Å². The number of amides is 1. The van der Waals surface area contributed by atoms with Gasteiger partial charge in [0.2, 0.25) is 0 Å². The summed E-state index contributed by atoms with van der Waals surface area (Å²) >= 11 is 0. The van der Waals surface area contributed by atoms with Crippen molar-refractivity contribution in [1.29, 1.82) is 0 Å². The van der Waals surface area contributed by atoms with Crippen LogP contribution < -0.4 is 5.32 Å². The van der Waals surface area contributed by atoms with Crippen molar-refractivity contribution in [1.82, 2.24) is 4.90 Å². The van der Waals surface area contributed by atoms with Gasteiger partial charge in [-0.15, -0.1) is 0 Å². The third-order valence-corrected chi connectivity index (χ3v) is 4.50. The Kier molecular flexibility index (Phi) is 5.64. The highest BCUT2D eigenvalue weighted by molar-refractivity contribution is 5.94. The number of hydrogen-bond acceptors (Lipinski definition) is 2. The van der Waals surface area contributed by atoms with Crippen LogP contribution in [0.15, 0.2) is 42.5 Å². The van der Waals surface area contributed by atoms with Crippen molar-refractivity contribution in [2.45, 2.75) is 25.7 Å². The SMILES string of the molecule is O=C(c1ccc(NCCc2ccc(F)cc2)c(F)c1)N1CCCCC1. The number of rotatable bonds is 5. The molecule has 0 saturated carbocycles. The van der Waals surface area contributed by atoms with Crippen molar-refractivity contribution in [2.75, 3.05) is 25.0 Å². The first-order valence-corrected chi connectivity index (χ1v) is 8.70. The second kappa shape index (κ2) is 8.10. The molecule has 2 aromatic carbocycles. The highest BCUT2D eigenvalue weighted by Gasteiger charge is 2.19. The van der Waals surface area contributed by atoms with Gasteiger partial charge >= 0.3 is 0 Å². The number of anilines is 1. The van der Waals surface area contributed by atoms with Crippen LogP contribution in [0.25, 0.3) is 0 Å². The molecular formula is C20H22F2N2O. The monoisotopic (exact) mass is 344 g/mol. The number of carbonyl (C=O) groups excluding carboxylic acids is 1. The Bertz CT molecular complexity index is 725.